The monoisotopic (exact) mass is 311 g/mol. The van der Waals surface area contributed by atoms with Crippen LogP contribution in [0.5, 0.6) is 0 Å². The fraction of sp³-hybridized carbons (Fsp3) is 0.125. The van der Waals surface area contributed by atoms with Crippen LogP contribution < -0.4 is 10.6 Å². The molecular weight excluding hydrogens is 298 g/mol. The van der Waals surface area contributed by atoms with Gasteiger partial charge >= 0.3 is 6.09 Å². The van der Waals surface area contributed by atoms with Gasteiger partial charge in [0.25, 0.3) is 0 Å². The second-order valence-electron chi connectivity index (χ2n) is 5.25. The molecule has 4 rings (SSSR count). The molecule has 0 saturated carbocycles. The number of benzene rings is 1. The molecule has 0 radical (unpaired) electrons. The van der Waals surface area contributed by atoms with Crippen LogP contribution in [0.25, 0.3) is 21.2 Å². The highest BCUT2D eigenvalue weighted by Gasteiger charge is 2.24. The summed E-state index contributed by atoms with van der Waals surface area (Å²) in [6, 6.07) is 7.85. The van der Waals surface area contributed by atoms with Crippen LogP contribution in [-0.4, -0.2) is 22.7 Å². The number of carboxylic acid groups (broad SMARTS) is 1. The Kier molecular flexibility index (Phi) is 2.80. The van der Waals surface area contributed by atoms with E-state index < -0.39 is 6.09 Å². The van der Waals surface area contributed by atoms with Crippen molar-refractivity contribution >= 4 is 39.0 Å². The Morgan fingerprint density at radius 1 is 1.36 bits per heavy atom. The van der Waals surface area contributed by atoms with Crippen LogP contribution >= 0.6 is 11.3 Å². The molecule has 0 saturated heterocycles. The highest BCUT2D eigenvalue weighted by molar-refractivity contribution is 7.17. The highest BCUT2D eigenvalue weighted by atomic mass is 32.1. The maximum Gasteiger partial charge on any atom is 0.411 e. The largest absolute Gasteiger partial charge is 0.465 e. The van der Waals surface area contributed by atoms with Crippen LogP contribution in [0, 0.1) is 0 Å². The van der Waals surface area contributed by atoms with Gasteiger partial charge < -0.3 is 10.8 Å². The van der Waals surface area contributed by atoms with Gasteiger partial charge in [-0.2, -0.15) is 0 Å². The predicted octanol–water partition coefficient (Wildman–Crippen LogP) is 3.59. The zero-order valence-electron chi connectivity index (χ0n) is 11.6. The number of aromatic nitrogens is 1. The minimum Gasteiger partial charge on any atom is -0.465 e. The van der Waals surface area contributed by atoms with E-state index in [2.05, 4.69) is 16.4 Å². The zero-order valence-corrected chi connectivity index (χ0v) is 12.4. The molecule has 3 heterocycles. The number of carbonyl (C=O) groups is 1. The summed E-state index contributed by atoms with van der Waals surface area (Å²) in [5, 5.41) is 12.2. The quantitative estimate of drug-likeness (QED) is 0.720. The van der Waals surface area contributed by atoms with Crippen LogP contribution in [0.4, 0.5) is 16.3 Å². The molecule has 1 aliphatic rings. The Balaban J connectivity index is 1.86. The number of hydrogen-bond donors (Lipinski definition) is 2. The minimum absolute atomic E-state index is 0.516. The van der Waals surface area contributed by atoms with E-state index in [-0.39, 0.29) is 0 Å². The minimum atomic E-state index is -0.902. The molecule has 0 spiro atoms. The number of pyridine rings is 1. The first-order valence-corrected chi connectivity index (χ1v) is 7.78. The molecule has 0 atom stereocenters. The molecule has 5 nitrogen and oxygen atoms in total. The van der Waals surface area contributed by atoms with Crippen molar-refractivity contribution in [2.45, 2.75) is 6.42 Å². The van der Waals surface area contributed by atoms with E-state index >= 15 is 0 Å². The van der Waals surface area contributed by atoms with Crippen molar-refractivity contribution in [3.63, 3.8) is 0 Å². The molecule has 0 unspecified atom stereocenters. The van der Waals surface area contributed by atoms with Crippen molar-refractivity contribution in [2.75, 3.05) is 17.2 Å². The van der Waals surface area contributed by atoms with Gasteiger partial charge in [-0.15, -0.1) is 11.3 Å². The van der Waals surface area contributed by atoms with Gasteiger partial charge in [-0.3, -0.25) is 4.90 Å². The average Bonchev–Trinajstić information content (AvgIpc) is 3.11. The molecule has 1 amide bonds. The van der Waals surface area contributed by atoms with Gasteiger partial charge in [0, 0.05) is 28.4 Å². The lowest BCUT2D eigenvalue weighted by atomic mass is 10.0. The van der Waals surface area contributed by atoms with Crippen LogP contribution in [0.15, 0.2) is 35.8 Å². The third kappa shape index (κ3) is 1.84. The molecule has 3 N–H and O–H groups in total. The number of nitrogens with zero attached hydrogens (tertiary/aromatic N) is 2. The summed E-state index contributed by atoms with van der Waals surface area (Å²) in [6.45, 7) is 0.516. The van der Waals surface area contributed by atoms with E-state index in [0.717, 1.165) is 38.9 Å². The van der Waals surface area contributed by atoms with E-state index in [0.29, 0.717) is 12.4 Å². The van der Waals surface area contributed by atoms with Gasteiger partial charge in [0.05, 0.1) is 5.69 Å². The lowest BCUT2D eigenvalue weighted by Gasteiger charge is -2.13. The predicted molar refractivity (Wildman–Crippen MR) is 88.5 cm³/mol. The normalized spacial score (nSPS) is 13.5. The number of anilines is 2. The van der Waals surface area contributed by atoms with Crippen molar-refractivity contribution < 1.29 is 9.90 Å². The summed E-state index contributed by atoms with van der Waals surface area (Å²) in [4.78, 5) is 16.8. The Bertz CT molecular complexity index is 904. The molecular formula is C16H13N3O2S. The average molecular weight is 311 g/mol. The van der Waals surface area contributed by atoms with Crippen molar-refractivity contribution in [2.24, 2.45) is 0 Å². The van der Waals surface area contributed by atoms with Gasteiger partial charge in [-0.25, -0.2) is 9.78 Å². The van der Waals surface area contributed by atoms with Crippen LogP contribution in [0.2, 0.25) is 0 Å². The number of thiophene rings is 1. The summed E-state index contributed by atoms with van der Waals surface area (Å²) < 4.78 is 1.11. The Morgan fingerprint density at radius 3 is 3.05 bits per heavy atom. The van der Waals surface area contributed by atoms with E-state index in [1.54, 1.807) is 17.5 Å². The standard InChI is InChI=1S/C16H13N3O2S/c17-15-14-11(8-22-13(14)3-5-18-15)9-1-2-12-10(7-9)4-6-19(12)16(20)21/h1-3,5,7-8H,4,6H2,(H2,17,18)(H,20,21). The van der Waals surface area contributed by atoms with Gasteiger partial charge in [0.15, 0.2) is 0 Å². The fourth-order valence-electron chi connectivity index (χ4n) is 2.99. The molecule has 2 aromatic heterocycles. The lowest BCUT2D eigenvalue weighted by Crippen LogP contribution is -2.26. The number of hydrogen-bond acceptors (Lipinski definition) is 4. The second kappa shape index (κ2) is 4.71. The summed E-state index contributed by atoms with van der Waals surface area (Å²) in [5.41, 5.74) is 9.97. The molecule has 0 aliphatic carbocycles. The first-order chi connectivity index (χ1) is 10.6. The first kappa shape index (κ1) is 13.1. The van der Waals surface area contributed by atoms with Gasteiger partial charge in [-0.05, 0) is 41.1 Å². The molecule has 22 heavy (non-hydrogen) atoms. The smallest absolute Gasteiger partial charge is 0.411 e. The van der Waals surface area contributed by atoms with E-state index in [1.165, 1.54) is 4.90 Å². The zero-order chi connectivity index (χ0) is 15.3. The number of amides is 1. The van der Waals surface area contributed by atoms with E-state index in [4.69, 9.17) is 5.73 Å². The maximum atomic E-state index is 11.2. The third-order valence-corrected chi connectivity index (χ3v) is 4.98. The molecule has 110 valence electrons. The molecule has 0 fully saturated rings. The van der Waals surface area contributed by atoms with Crippen molar-refractivity contribution in [1.29, 1.82) is 0 Å². The number of rotatable bonds is 1. The molecule has 1 aliphatic heterocycles. The summed E-state index contributed by atoms with van der Waals surface area (Å²) in [6.07, 6.45) is 1.55. The van der Waals surface area contributed by atoms with Gasteiger partial charge in [0.1, 0.15) is 5.82 Å². The van der Waals surface area contributed by atoms with Gasteiger partial charge in [-0.1, -0.05) is 6.07 Å². The van der Waals surface area contributed by atoms with E-state index in [9.17, 15) is 9.90 Å². The number of nitrogens with two attached hydrogens (primary N) is 1. The summed E-state index contributed by atoms with van der Waals surface area (Å²) in [5.74, 6) is 0.529. The summed E-state index contributed by atoms with van der Waals surface area (Å²) >= 11 is 1.64. The van der Waals surface area contributed by atoms with E-state index in [1.807, 2.05) is 18.2 Å². The van der Waals surface area contributed by atoms with Crippen molar-refractivity contribution in [1.82, 2.24) is 4.98 Å². The first-order valence-electron chi connectivity index (χ1n) is 6.90. The second-order valence-corrected chi connectivity index (χ2v) is 6.16. The van der Waals surface area contributed by atoms with Crippen LogP contribution in [-0.2, 0) is 6.42 Å². The molecule has 0 bridgehead atoms. The molecule has 1 aromatic carbocycles. The number of fused-ring (bicyclic) bond motifs is 2. The van der Waals surface area contributed by atoms with Crippen molar-refractivity contribution in [3.05, 3.63) is 41.4 Å². The highest BCUT2D eigenvalue weighted by Crippen LogP contribution is 2.39. The maximum absolute atomic E-state index is 11.2. The Hall–Kier alpha value is -2.60. The topological polar surface area (TPSA) is 79.5 Å². The SMILES string of the molecule is Nc1nccc2scc(-c3ccc4c(c3)CCN4C(=O)O)c12. The lowest BCUT2D eigenvalue weighted by molar-refractivity contribution is 0.202. The van der Waals surface area contributed by atoms with Crippen LogP contribution in [0.1, 0.15) is 5.56 Å². The molecule has 6 heteroatoms. The van der Waals surface area contributed by atoms with Crippen LogP contribution in [0.3, 0.4) is 0 Å². The number of nitrogen functional groups attached to an aromatic ring is 1. The van der Waals surface area contributed by atoms with Crippen molar-refractivity contribution in [3.8, 4) is 11.1 Å². The Morgan fingerprint density at radius 2 is 2.23 bits per heavy atom. The fourth-order valence-corrected chi connectivity index (χ4v) is 3.96. The molecule has 3 aromatic rings. The Labute approximate surface area is 130 Å². The van der Waals surface area contributed by atoms with Gasteiger partial charge in [0.2, 0.25) is 0 Å². The third-order valence-electron chi connectivity index (χ3n) is 4.03. The summed E-state index contributed by atoms with van der Waals surface area (Å²) in [7, 11) is 0.